The standard InChI is InChI=1S/C12H14Cl2/c1-8(13)12(9-2-3-9)10-4-6-11(14)7-5-10/h4-9,12H,2-3H2,1H3. The molecule has 0 saturated heterocycles. The first-order valence-corrected chi connectivity index (χ1v) is 5.89. The summed E-state index contributed by atoms with van der Waals surface area (Å²) in [5.74, 6) is 1.30. The first-order chi connectivity index (χ1) is 6.68. The Kier molecular flexibility index (Phi) is 3.04. The van der Waals surface area contributed by atoms with E-state index in [2.05, 4.69) is 19.1 Å². The summed E-state index contributed by atoms with van der Waals surface area (Å²) < 4.78 is 0. The maximum Gasteiger partial charge on any atom is 0.0406 e. The molecule has 2 atom stereocenters. The first-order valence-electron chi connectivity index (χ1n) is 5.08. The average molecular weight is 229 g/mol. The van der Waals surface area contributed by atoms with Crippen LogP contribution in [-0.2, 0) is 0 Å². The molecule has 0 bridgehead atoms. The number of benzene rings is 1. The Hall–Kier alpha value is -0.200. The van der Waals surface area contributed by atoms with Crippen LogP contribution in [0.5, 0.6) is 0 Å². The van der Waals surface area contributed by atoms with Crippen molar-refractivity contribution in [3.8, 4) is 0 Å². The molecule has 0 N–H and O–H groups in total. The maximum atomic E-state index is 6.22. The van der Waals surface area contributed by atoms with Gasteiger partial charge in [0.2, 0.25) is 0 Å². The van der Waals surface area contributed by atoms with E-state index >= 15 is 0 Å². The van der Waals surface area contributed by atoms with Gasteiger partial charge in [0, 0.05) is 16.3 Å². The quantitative estimate of drug-likeness (QED) is 0.671. The van der Waals surface area contributed by atoms with E-state index in [-0.39, 0.29) is 5.38 Å². The van der Waals surface area contributed by atoms with Crippen LogP contribution in [0.15, 0.2) is 24.3 Å². The largest absolute Gasteiger partial charge is 0.123 e. The van der Waals surface area contributed by atoms with E-state index in [0.29, 0.717) is 5.92 Å². The predicted molar refractivity (Wildman–Crippen MR) is 62.2 cm³/mol. The zero-order chi connectivity index (χ0) is 10.1. The molecule has 2 heteroatoms. The molecule has 0 spiro atoms. The van der Waals surface area contributed by atoms with Crippen molar-refractivity contribution in [2.75, 3.05) is 0 Å². The second-order valence-electron chi connectivity index (χ2n) is 4.09. The number of hydrogen-bond donors (Lipinski definition) is 0. The lowest BCUT2D eigenvalue weighted by atomic mass is 9.91. The number of halogens is 2. The average Bonchev–Trinajstić information content (AvgIpc) is 2.92. The monoisotopic (exact) mass is 228 g/mol. The van der Waals surface area contributed by atoms with Crippen LogP contribution in [0.25, 0.3) is 0 Å². The van der Waals surface area contributed by atoms with Gasteiger partial charge in [0.15, 0.2) is 0 Å². The van der Waals surface area contributed by atoms with Crippen molar-refractivity contribution in [1.29, 1.82) is 0 Å². The van der Waals surface area contributed by atoms with E-state index in [4.69, 9.17) is 23.2 Å². The van der Waals surface area contributed by atoms with Gasteiger partial charge in [-0.05, 0) is 43.4 Å². The summed E-state index contributed by atoms with van der Waals surface area (Å²) in [6.07, 6.45) is 2.65. The molecule has 1 aliphatic carbocycles. The van der Waals surface area contributed by atoms with Crippen molar-refractivity contribution in [3.63, 3.8) is 0 Å². The molecule has 1 fully saturated rings. The number of rotatable bonds is 3. The Morgan fingerprint density at radius 1 is 1.21 bits per heavy atom. The smallest absolute Gasteiger partial charge is 0.0406 e. The molecule has 0 radical (unpaired) electrons. The van der Waals surface area contributed by atoms with Gasteiger partial charge in [-0.3, -0.25) is 0 Å². The molecular weight excluding hydrogens is 215 g/mol. The molecule has 1 saturated carbocycles. The fourth-order valence-electron chi connectivity index (χ4n) is 2.05. The second-order valence-corrected chi connectivity index (χ2v) is 5.22. The molecule has 1 aromatic carbocycles. The minimum absolute atomic E-state index is 0.212. The van der Waals surface area contributed by atoms with E-state index in [1.807, 2.05) is 12.1 Å². The molecular formula is C12H14Cl2. The lowest BCUT2D eigenvalue weighted by molar-refractivity contribution is 0.594. The Bertz CT molecular complexity index is 297. The molecule has 0 aromatic heterocycles. The van der Waals surface area contributed by atoms with E-state index in [1.165, 1.54) is 18.4 Å². The summed E-state index contributed by atoms with van der Waals surface area (Å²) in [6, 6.07) is 8.10. The van der Waals surface area contributed by atoms with Gasteiger partial charge < -0.3 is 0 Å². The maximum absolute atomic E-state index is 6.22. The van der Waals surface area contributed by atoms with Gasteiger partial charge in [0.05, 0.1) is 0 Å². The molecule has 76 valence electrons. The molecule has 0 aliphatic heterocycles. The zero-order valence-corrected chi connectivity index (χ0v) is 9.72. The minimum Gasteiger partial charge on any atom is -0.123 e. The Morgan fingerprint density at radius 2 is 1.79 bits per heavy atom. The Labute approximate surface area is 95.2 Å². The molecule has 0 nitrogen and oxygen atoms in total. The number of alkyl halides is 1. The van der Waals surface area contributed by atoms with Crippen molar-refractivity contribution in [1.82, 2.24) is 0 Å². The highest BCUT2D eigenvalue weighted by atomic mass is 35.5. The summed E-state index contributed by atoms with van der Waals surface area (Å²) in [5, 5.41) is 1.01. The molecule has 2 unspecified atom stereocenters. The van der Waals surface area contributed by atoms with Crippen LogP contribution < -0.4 is 0 Å². The van der Waals surface area contributed by atoms with Crippen LogP contribution >= 0.6 is 23.2 Å². The zero-order valence-electron chi connectivity index (χ0n) is 8.21. The SMILES string of the molecule is CC(Cl)C(c1ccc(Cl)cc1)C1CC1. The highest BCUT2D eigenvalue weighted by Crippen LogP contribution is 2.45. The fraction of sp³-hybridized carbons (Fsp3) is 0.500. The lowest BCUT2D eigenvalue weighted by Gasteiger charge is -2.19. The summed E-state index contributed by atoms with van der Waals surface area (Å²) >= 11 is 12.1. The lowest BCUT2D eigenvalue weighted by Crippen LogP contribution is -2.11. The van der Waals surface area contributed by atoms with E-state index in [9.17, 15) is 0 Å². The van der Waals surface area contributed by atoms with E-state index in [0.717, 1.165) is 10.9 Å². The van der Waals surface area contributed by atoms with Gasteiger partial charge in [-0.1, -0.05) is 23.7 Å². The Morgan fingerprint density at radius 3 is 2.21 bits per heavy atom. The third-order valence-electron chi connectivity index (χ3n) is 2.88. The molecule has 0 heterocycles. The van der Waals surface area contributed by atoms with Gasteiger partial charge >= 0.3 is 0 Å². The van der Waals surface area contributed by atoms with Crippen LogP contribution in [0.4, 0.5) is 0 Å². The van der Waals surface area contributed by atoms with Gasteiger partial charge in [-0.15, -0.1) is 11.6 Å². The van der Waals surface area contributed by atoms with Crippen molar-refractivity contribution in [2.24, 2.45) is 5.92 Å². The molecule has 1 aromatic rings. The third-order valence-corrected chi connectivity index (χ3v) is 3.40. The van der Waals surface area contributed by atoms with Crippen LogP contribution in [-0.4, -0.2) is 5.38 Å². The van der Waals surface area contributed by atoms with Crippen LogP contribution in [0, 0.1) is 5.92 Å². The topological polar surface area (TPSA) is 0 Å². The van der Waals surface area contributed by atoms with Crippen molar-refractivity contribution < 1.29 is 0 Å². The van der Waals surface area contributed by atoms with Crippen molar-refractivity contribution in [3.05, 3.63) is 34.9 Å². The van der Waals surface area contributed by atoms with E-state index in [1.54, 1.807) is 0 Å². The highest BCUT2D eigenvalue weighted by Gasteiger charge is 2.34. The van der Waals surface area contributed by atoms with Gasteiger partial charge in [0.1, 0.15) is 0 Å². The summed E-state index contributed by atoms with van der Waals surface area (Å²) in [5.41, 5.74) is 1.33. The minimum atomic E-state index is 0.212. The van der Waals surface area contributed by atoms with Crippen molar-refractivity contribution >= 4 is 23.2 Å². The number of hydrogen-bond acceptors (Lipinski definition) is 0. The second kappa shape index (κ2) is 4.12. The summed E-state index contributed by atoms with van der Waals surface area (Å²) in [6.45, 7) is 2.08. The molecule has 2 rings (SSSR count). The van der Waals surface area contributed by atoms with Crippen LogP contribution in [0.2, 0.25) is 5.02 Å². The summed E-state index contributed by atoms with van der Waals surface area (Å²) in [4.78, 5) is 0. The summed E-state index contributed by atoms with van der Waals surface area (Å²) in [7, 11) is 0. The first kappa shape index (κ1) is 10.3. The van der Waals surface area contributed by atoms with Crippen LogP contribution in [0.3, 0.4) is 0 Å². The molecule has 1 aliphatic rings. The highest BCUT2D eigenvalue weighted by molar-refractivity contribution is 6.30. The third kappa shape index (κ3) is 2.24. The fourth-order valence-corrected chi connectivity index (χ4v) is 2.53. The van der Waals surface area contributed by atoms with Gasteiger partial charge in [-0.25, -0.2) is 0 Å². The van der Waals surface area contributed by atoms with Crippen LogP contribution in [0.1, 0.15) is 31.2 Å². The normalized spacial score (nSPS) is 20.5. The van der Waals surface area contributed by atoms with Gasteiger partial charge in [-0.2, -0.15) is 0 Å². The van der Waals surface area contributed by atoms with Crippen molar-refractivity contribution in [2.45, 2.75) is 31.1 Å². The Balaban J connectivity index is 2.21. The predicted octanol–water partition coefficient (Wildman–Crippen LogP) is 4.46. The van der Waals surface area contributed by atoms with E-state index < -0.39 is 0 Å². The van der Waals surface area contributed by atoms with Gasteiger partial charge in [0.25, 0.3) is 0 Å². The molecule has 14 heavy (non-hydrogen) atoms. The molecule has 0 amide bonds.